The molecule has 0 saturated heterocycles. The second-order valence-corrected chi connectivity index (χ2v) is 10.8. The van der Waals surface area contributed by atoms with Crippen LogP contribution in [0.2, 0.25) is 0 Å². The van der Waals surface area contributed by atoms with Crippen LogP contribution in [0.3, 0.4) is 0 Å². The van der Waals surface area contributed by atoms with Gasteiger partial charge >= 0.3 is 5.97 Å². The van der Waals surface area contributed by atoms with Crippen molar-refractivity contribution in [3.63, 3.8) is 0 Å². The summed E-state index contributed by atoms with van der Waals surface area (Å²) in [6, 6.07) is 0. The minimum absolute atomic E-state index is 0. The van der Waals surface area contributed by atoms with Gasteiger partial charge in [0.2, 0.25) is 0 Å². The summed E-state index contributed by atoms with van der Waals surface area (Å²) in [6.45, 7) is 14.6. The normalized spacial score (nSPS) is 10.8. The lowest BCUT2D eigenvalue weighted by Crippen LogP contribution is -3.00. The zero-order valence-electron chi connectivity index (χ0n) is 25.3. The van der Waals surface area contributed by atoms with Gasteiger partial charge in [-0.3, -0.25) is 9.59 Å². The molecule has 0 aliphatic rings. The number of quaternary nitrogens is 1. The number of Topliss-reactive ketones (excluding diaryl/α,β-unsaturated/α-hetero) is 1. The van der Waals surface area contributed by atoms with Gasteiger partial charge in [0.1, 0.15) is 12.2 Å². The van der Waals surface area contributed by atoms with Crippen LogP contribution in [0.1, 0.15) is 157 Å². The Bertz CT molecular complexity index is 430. The van der Waals surface area contributed by atoms with E-state index >= 15 is 0 Å². The van der Waals surface area contributed by atoms with Gasteiger partial charge in [0.25, 0.3) is 0 Å². The number of nitrogens with zero attached hydrogens (tertiary/aromatic N) is 1. The fourth-order valence-corrected chi connectivity index (χ4v) is 4.57. The molecule has 4 nitrogen and oxygen atoms in total. The Morgan fingerprint density at radius 1 is 0.556 bits per heavy atom. The van der Waals surface area contributed by atoms with Gasteiger partial charge < -0.3 is 21.6 Å². The van der Waals surface area contributed by atoms with Crippen molar-refractivity contribution in [1.82, 2.24) is 0 Å². The van der Waals surface area contributed by atoms with E-state index in [0.717, 1.165) is 0 Å². The van der Waals surface area contributed by atoms with Crippen LogP contribution in [0.25, 0.3) is 0 Å². The minimum atomic E-state index is -0.440. The van der Waals surface area contributed by atoms with Crippen LogP contribution >= 0.6 is 0 Å². The predicted molar refractivity (Wildman–Crippen MR) is 153 cm³/mol. The second kappa shape index (κ2) is 30.6. The number of halogens is 1. The number of ketones is 1. The third-order valence-electron chi connectivity index (χ3n) is 6.85. The fourth-order valence-electron chi connectivity index (χ4n) is 4.57. The molecule has 0 aromatic heterocycles. The number of unbranched alkanes of at least 4 members (excludes halogenated alkanes) is 15. The summed E-state index contributed by atoms with van der Waals surface area (Å²) in [6.07, 6.45) is 25.8. The molecule has 0 aliphatic heterocycles. The molecule has 0 aliphatic carbocycles. The Balaban J connectivity index is -0.000000923. The first-order valence-corrected chi connectivity index (χ1v) is 15.3. The summed E-state index contributed by atoms with van der Waals surface area (Å²) in [4.78, 5) is 20.6. The van der Waals surface area contributed by atoms with Gasteiger partial charge in [0.05, 0.1) is 33.3 Å². The van der Waals surface area contributed by atoms with Crippen molar-refractivity contribution in [2.45, 2.75) is 157 Å². The van der Waals surface area contributed by atoms with E-state index in [1.807, 2.05) is 0 Å². The first-order chi connectivity index (χ1) is 16.8. The highest BCUT2D eigenvalue weighted by Crippen LogP contribution is 2.16. The largest absolute Gasteiger partial charge is 1.00 e. The highest BCUT2D eigenvalue weighted by molar-refractivity contribution is 5.94. The van der Waals surface area contributed by atoms with Crippen LogP contribution in [0.15, 0.2) is 0 Å². The Hall–Kier alpha value is -0.610. The summed E-state index contributed by atoms with van der Waals surface area (Å²) in [5, 5.41) is 0. The van der Waals surface area contributed by atoms with Gasteiger partial charge in [-0.15, -0.1) is 0 Å². The van der Waals surface area contributed by atoms with Crippen molar-refractivity contribution >= 4 is 11.8 Å². The Morgan fingerprint density at radius 3 is 1.14 bits per heavy atom. The van der Waals surface area contributed by atoms with Gasteiger partial charge in [0.15, 0.2) is 0 Å². The van der Waals surface area contributed by atoms with E-state index < -0.39 is 5.97 Å². The number of carbonyl (C=O) groups excluding carboxylic acids is 2. The molecule has 218 valence electrons. The lowest BCUT2D eigenvalue weighted by Gasteiger charge is -2.35. The molecule has 5 heteroatoms. The molecule has 0 unspecified atom stereocenters. The van der Waals surface area contributed by atoms with Gasteiger partial charge in [-0.1, -0.05) is 97.8 Å². The van der Waals surface area contributed by atoms with Crippen LogP contribution in [0.5, 0.6) is 0 Å². The quantitative estimate of drug-likeness (QED) is 0.0656. The molecule has 0 spiro atoms. The van der Waals surface area contributed by atoms with Crippen molar-refractivity contribution in [2.24, 2.45) is 0 Å². The van der Waals surface area contributed by atoms with Gasteiger partial charge in [0, 0.05) is 0 Å². The average molecular weight is 534 g/mol. The fraction of sp³-hybridized carbons (Fsp3) is 0.935. The molecule has 0 fully saturated rings. The third-order valence-corrected chi connectivity index (χ3v) is 6.85. The number of hydrogen-bond acceptors (Lipinski definition) is 3. The highest BCUT2D eigenvalue weighted by atomic mass is 35.5. The maximum atomic E-state index is 10.4. The summed E-state index contributed by atoms with van der Waals surface area (Å²) >= 11 is 0. The Labute approximate surface area is 232 Å². The van der Waals surface area contributed by atoms with Crippen LogP contribution in [-0.4, -0.2) is 49.5 Å². The molecule has 0 amide bonds. The van der Waals surface area contributed by atoms with E-state index in [2.05, 4.69) is 32.6 Å². The molecule has 0 saturated carbocycles. The lowest BCUT2D eigenvalue weighted by atomic mass is 10.1. The molecule has 0 bridgehead atoms. The van der Waals surface area contributed by atoms with Crippen LogP contribution in [-0.2, 0) is 14.3 Å². The minimum Gasteiger partial charge on any atom is -1.00 e. The highest BCUT2D eigenvalue weighted by Gasteiger charge is 2.20. The maximum absolute atomic E-state index is 10.4. The van der Waals surface area contributed by atoms with E-state index in [9.17, 15) is 9.59 Å². The molecule has 36 heavy (non-hydrogen) atoms. The number of rotatable bonds is 24. The van der Waals surface area contributed by atoms with E-state index in [4.69, 9.17) is 0 Å². The van der Waals surface area contributed by atoms with Gasteiger partial charge in [-0.25, -0.2) is 0 Å². The van der Waals surface area contributed by atoms with Crippen molar-refractivity contribution in [1.29, 1.82) is 0 Å². The van der Waals surface area contributed by atoms with Gasteiger partial charge in [-0.2, -0.15) is 0 Å². The summed E-state index contributed by atoms with van der Waals surface area (Å²) in [5.41, 5.74) is 0. The van der Waals surface area contributed by atoms with E-state index in [0.29, 0.717) is 6.61 Å². The predicted octanol–water partition coefficient (Wildman–Crippen LogP) is 6.05. The van der Waals surface area contributed by atoms with Crippen LogP contribution < -0.4 is 12.4 Å². The lowest BCUT2D eigenvalue weighted by molar-refractivity contribution is -0.910. The van der Waals surface area contributed by atoms with Crippen molar-refractivity contribution in [2.75, 3.05) is 33.3 Å². The first-order valence-electron chi connectivity index (χ1n) is 15.3. The number of carbonyl (C=O) groups is 2. The summed E-state index contributed by atoms with van der Waals surface area (Å²) < 4.78 is 5.85. The van der Waals surface area contributed by atoms with E-state index in [1.54, 1.807) is 6.92 Å². The Morgan fingerprint density at radius 2 is 0.861 bits per heavy atom. The summed E-state index contributed by atoms with van der Waals surface area (Å²) in [5.74, 6) is -0.599. The van der Waals surface area contributed by atoms with E-state index in [-0.39, 0.29) is 24.6 Å². The number of hydrogen-bond donors (Lipinski definition) is 0. The zero-order chi connectivity index (χ0) is 26.6. The van der Waals surface area contributed by atoms with Gasteiger partial charge in [-0.05, 0) is 52.4 Å². The second-order valence-electron chi connectivity index (χ2n) is 10.8. The van der Waals surface area contributed by atoms with E-state index in [1.165, 1.54) is 147 Å². The standard InChI is InChI=1S/C25H54N.C6H10O3.ClH/c1-5-8-11-14-17-20-23-26(4,24-21-18-15-12-9-6-2)25-22-19-16-13-10-7-3;1-3-9-6(8)4-5(2)7;/h5-25H2,1-4H3;3-4H2,1-2H3;1H/q+1;;/p-1. The number of ether oxygens (including phenoxy) is 1. The van der Waals surface area contributed by atoms with Crippen molar-refractivity contribution in [3.05, 3.63) is 0 Å². The first kappa shape index (κ1) is 39.9. The van der Waals surface area contributed by atoms with Crippen molar-refractivity contribution in [3.8, 4) is 0 Å². The molecular formula is C31H64ClNO3. The summed E-state index contributed by atoms with van der Waals surface area (Å²) in [7, 11) is 2.56. The molecule has 0 aromatic carbocycles. The smallest absolute Gasteiger partial charge is 0.313 e. The third kappa shape index (κ3) is 31.4. The molecule has 0 atom stereocenters. The number of esters is 1. The maximum Gasteiger partial charge on any atom is 0.313 e. The molecule has 0 aromatic rings. The van der Waals surface area contributed by atoms with Crippen molar-refractivity contribution < 1.29 is 31.2 Å². The Kier molecular flexibility index (Phi) is 33.9. The molecule has 0 N–H and O–H groups in total. The monoisotopic (exact) mass is 533 g/mol. The topological polar surface area (TPSA) is 43.4 Å². The molecule has 0 radical (unpaired) electrons. The average Bonchev–Trinajstić information content (AvgIpc) is 2.81. The molecule has 0 heterocycles. The van der Waals surface area contributed by atoms with Crippen LogP contribution in [0.4, 0.5) is 0 Å². The molecular weight excluding hydrogens is 470 g/mol. The van der Waals surface area contributed by atoms with Crippen LogP contribution in [0, 0.1) is 0 Å². The zero-order valence-corrected chi connectivity index (χ0v) is 26.1. The molecule has 0 rings (SSSR count). The SMILES string of the molecule is CCCCCCCC[N+](C)(CCCCCCCC)CCCCCCCC.CCOC(=O)CC(C)=O.[Cl-].